The number of carbonyl (C=O) groups is 1. The Labute approximate surface area is 101 Å². The molecule has 0 saturated heterocycles. The highest BCUT2D eigenvalue weighted by atomic mass is 79.9. The molecule has 0 atom stereocenters. The van der Waals surface area contributed by atoms with Crippen LogP contribution in [0.25, 0.3) is 0 Å². The average Bonchev–Trinajstić information content (AvgIpc) is 2.44. The number of benzene rings is 1. The van der Waals surface area contributed by atoms with Crippen molar-refractivity contribution in [2.45, 2.75) is 11.8 Å². The molecule has 0 amide bonds. The van der Waals surface area contributed by atoms with Gasteiger partial charge in [-0.2, -0.15) is 0 Å². The highest BCUT2D eigenvalue weighted by Gasteiger charge is 2.22. The van der Waals surface area contributed by atoms with E-state index < -0.39 is 0 Å². The van der Waals surface area contributed by atoms with Crippen molar-refractivity contribution in [1.82, 2.24) is 0 Å². The van der Waals surface area contributed by atoms with Gasteiger partial charge in [0, 0.05) is 22.5 Å². The van der Waals surface area contributed by atoms with Crippen molar-refractivity contribution >= 4 is 39.2 Å². The molecular formula is C11H10BrNOS. The summed E-state index contributed by atoms with van der Waals surface area (Å²) < 4.78 is 1.05. The molecule has 15 heavy (non-hydrogen) atoms. The molecule has 78 valence electrons. The third kappa shape index (κ3) is 2.11. The van der Waals surface area contributed by atoms with Crippen LogP contribution in [0.15, 0.2) is 38.7 Å². The molecular weight excluding hydrogens is 274 g/mol. The maximum absolute atomic E-state index is 11.0. The summed E-state index contributed by atoms with van der Waals surface area (Å²) in [5.41, 5.74) is 1.14. The lowest BCUT2D eigenvalue weighted by Crippen LogP contribution is -2.10. The second kappa shape index (κ2) is 4.02. The zero-order valence-corrected chi connectivity index (χ0v) is 10.9. The van der Waals surface area contributed by atoms with Gasteiger partial charge in [0.05, 0.1) is 10.7 Å². The molecule has 1 aliphatic rings. The van der Waals surface area contributed by atoms with E-state index in [1.165, 1.54) is 4.90 Å². The van der Waals surface area contributed by atoms with Crippen molar-refractivity contribution in [2.24, 2.45) is 0 Å². The molecule has 2 rings (SSSR count). The Bertz CT molecular complexity index is 456. The lowest BCUT2D eigenvalue weighted by atomic mass is 10.3. The number of hydrogen-bond donors (Lipinski definition) is 0. The van der Waals surface area contributed by atoms with E-state index in [4.69, 9.17) is 0 Å². The average molecular weight is 284 g/mol. The first-order valence-electron chi connectivity index (χ1n) is 4.51. The fraction of sp³-hybridized carbons (Fsp3) is 0.182. The quantitative estimate of drug-likeness (QED) is 0.737. The Morgan fingerprint density at radius 2 is 2.27 bits per heavy atom. The summed E-state index contributed by atoms with van der Waals surface area (Å²) in [5.74, 6) is 0.0798. The van der Waals surface area contributed by atoms with Crippen molar-refractivity contribution in [2.75, 3.05) is 11.9 Å². The van der Waals surface area contributed by atoms with E-state index in [9.17, 15) is 4.79 Å². The fourth-order valence-corrected chi connectivity index (χ4v) is 2.91. The van der Waals surface area contributed by atoms with Gasteiger partial charge in [-0.05, 0) is 25.1 Å². The Balaban J connectivity index is 2.41. The number of fused-ring (bicyclic) bond motifs is 1. The van der Waals surface area contributed by atoms with E-state index in [0.717, 1.165) is 15.2 Å². The molecule has 0 aromatic heterocycles. The monoisotopic (exact) mass is 283 g/mol. The number of anilines is 1. The van der Waals surface area contributed by atoms with Gasteiger partial charge >= 0.3 is 0 Å². The van der Waals surface area contributed by atoms with Gasteiger partial charge < -0.3 is 4.90 Å². The predicted octanol–water partition coefficient (Wildman–Crippen LogP) is 3.42. The summed E-state index contributed by atoms with van der Waals surface area (Å²) in [6.45, 7) is 1.57. The number of nitrogens with zero attached hydrogens (tertiary/aromatic N) is 1. The van der Waals surface area contributed by atoms with Crippen molar-refractivity contribution in [3.05, 3.63) is 33.8 Å². The van der Waals surface area contributed by atoms with Crippen LogP contribution in [0.4, 0.5) is 5.69 Å². The molecule has 4 heteroatoms. The molecule has 0 N–H and O–H groups in total. The van der Waals surface area contributed by atoms with Gasteiger partial charge in [0.2, 0.25) is 0 Å². The summed E-state index contributed by atoms with van der Waals surface area (Å²) >= 11 is 5.07. The first-order valence-corrected chi connectivity index (χ1v) is 6.12. The molecule has 2 nitrogen and oxygen atoms in total. The number of rotatable bonds is 1. The zero-order valence-electron chi connectivity index (χ0n) is 8.45. The van der Waals surface area contributed by atoms with Crippen LogP contribution < -0.4 is 4.90 Å². The number of halogens is 1. The standard InChI is InChI=1S/C11H10BrNOS/c1-7(14)5-11-13(2)9-6-8(12)3-4-10(9)15-11/h3-6H,1-2H3/b11-5-. The molecule has 1 heterocycles. The van der Waals surface area contributed by atoms with Crippen LogP contribution >= 0.6 is 27.7 Å². The Morgan fingerprint density at radius 3 is 2.93 bits per heavy atom. The minimum atomic E-state index is 0.0798. The number of hydrogen-bond acceptors (Lipinski definition) is 3. The fourth-order valence-electron chi connectivity index (χ4n) is 1.44. The molecule has 0 bridgehead atoms. The highest BCUT2D eigenvalue weighted by Crippen LogP contribution is 2.45. The Hall–Kier alpha value is -0.740. The normalized spacial score (nSPS) is 17.0. The van der Waals surface area contributed by atoms with E-state index >= 15 is 0 Å². The minimum absolute atomic E-state index is 0.0798. The van der Waals surface area contributed by atoms with Gasteiger partial charge in [0.15, 0.2) is 5.78 Å². The number of allylic oxidation sites excluding steroid dienone is 1. The summed E-state index contributed by atoms with van der Waals surface area (Å²) in [5, 5.41) is 0.982. The maximum atomic E-state index is 11.0. The van der Waals surface area contributed by atoms with E-state index in [-0.39, 0.29) is 5.78 Å². The predicted molar refractivity (Wildman–Crippen MR) is 67.2 cm³/mol. The first-order chi connectivity index (χ1) is 7.08. The van der Waals surface area contributed by atoms with Crippen LogP contribution in [0, 0.1) is 0 Å². The second-order valence-corrected chi connectivity index (χ2v) is 5.34. The van der Waals surface area contributed by atoms with E-state index in [1.54, 1.807) is 24.8 Å². The van der Waals surface area contributed by atoms with Crippen LogP contribution in [0.1, 0.15) is 6.92 Å². The van der Waals surface area contributed by atoms with Gasteiger partial charge in [0.1, 0.15) is 0 Å². The first kappa shape index (κ1) is 10.8. The molecule has 0 spiro atoms. The summed E-state index contributed by atoms with van der Waals surface area (Å²) in [6.07, 6.45) is 1.67. The molecule has 0 aliphatic carbocycles. The van der Waals surface area contributed by atoms with Crippen LogP contribution in [-0.2, 0) is 4.79 Å². The lowest BCUT2D eigenvalue weighted by molar-refractivity contribution is -0.112. The third-order valence-corrected chi connectivity index (χ3v) is 3.81. The molecule has 0 radical (unpaired) electrons. The van der Waals surface area contributed by atoms with Crippen LogP contribution in [0.5, 0.6) is 0 Å². The smallest absolute Gasteiger partial charge is 0.155 e. The van der Waals surface area contributed by atoms with Crippen molar-refractivity contribution in [1.29, 1.82) is 0 Å². The third-order valence-electron chi connectivity index (χ3n) is 2.15. The van der Waals surface area contributed by atoms with Crippen molar-refractivity contribution < 1.29 is 4.79 Å². The van der Waals surface area contributed by atoms with E-state index in [1.807, 2.05) is 18.0 Å². The highest BCUT2D eigenvalue weighted by molar-refractivity contribution is 9.10. The van der Waals surface area contributed by atoms with E-state index in [2.05, 4.69) is 28.1 Å². The number of ketones is 1. The molecule has 1 aromatic carbocycles. The van der Waals surface area contributed by atoms with Crippen LogP contribution in [0.3, 0.4) is 0 Å². The largest absolute Gasteiger partial charge is 0.338 e. The van der Waals surface area contributed by atoms with Crippen molar-refractivity contribution in [3.8, 4) is 0 Å². The lowest BCUT2D eigenvalue weighted by Gasteiger charge is -2.12. The number of thioether (sulfide) groups is 1. The van der Waals surface area contributed by atoms with Gasteiger partial charge in [-0.3, -0.25) is 4.79 Å². The molecule has 0 saturated carbocycles. The number of carbonyl (C=O) groups excluding carboxylic acids is 1. The Morgan fingerprint density at radius 1 is 1.53 bits per heavy atom. The Kier molecular flexibility index (Phi) is 2.89. The molecule has 1 aromatic rings. The van der Waals surface area contributed by atoms with Gasteiger partial charge in [-0.15, -0.1) is 0 Å². The van der Waals surface area contributed by atoms with Gasteiger partial charge in [0.25, 0.3) is 0 Å². The van der Waals surface area contributed by atoms with E-state index in [0.29, 0.717) is 0 Å². The van der Waals surface area contributed by atoms with Gasteiger partial charge in [-0.1, -0.05) is 27.7 Å². The van der Waals surface area contributed by atoms with Gasteiger partial charge in [-0.25, -0.2) is 0 Å². The van der Waals surface area contributed by atoms with Crippen molar-refractivity contribution in [3.63, 3.8) is 0 Å². The SMILES string of the molecule is CC(=O)/C=C1\Sc2ccc(Br)cc2N1C. The van der Waals surface area contributed by atoms with Crippen LogP contribution in [0.2, 0.25) is 0 Å². The maximum Gasteiger partial charge on any atom is 0.155 e. The summed E-state index contributed by atoms with van der Waals surface area (Å²) in [6, 6.07) is 6.13. The zero-order chi connectivity index (χ0) is 11.0. The molecule has 0 fully saturated rings. The summed E-state index contributed by atoms with van der Waals surface area (Å²) in [4.78, 5) is 14.3. The molecule has 1 aliphatic heterocycles. The minimum Gasteiger partial charge on any atom is -0.338 e. The molecule has 0 unspecified atom stereocenters. The topological polar surface area (TPSA) is 20.3 Å². The summed E-state index contributed by atoms with van der Waals surface area (Å²) in [7, 11) is 1.97. The second-order valence-electron chi connectivity index (χ2n) is 3.37. The van der Waals surface area contributed by atoms with Crippen LogP contribution in [-0.4, -0.2) is 12.8 Å².